The second-order valence-electron chi connectivity index (χ2n) is 6.01. The molecule has 0 fully saturated rings. The SMILES string of the molecule is O=C(C[C@H](CC1=CCCC1)C(F)(F)F)CS(=O)(=O)c1ccccc1. The topological polar surface area (TPSA) is 51.2 Å². The second kappa shape index (κ2) is 7.51. The number of carbonyl (C=O) groups excluding carboxylic acids is 1. The molecule has 132 valence electrons. The minimum absolute atomic E-state index is 0.0552. The van der Waals surface area contributed by atoms with Gasteiger partial charge in [0.25, 0.3) is 0 Å². The molecule has 0 radical (unpaired) electrons. The molecule has 24 heavy (non-hydrogen) atoms. The molecule has 7 heteroatoms. The van der Waals surface area contributed by atoms with Crippen LogP contribution < -0.4 is 0 Å². The molecule has 0 unspecified atom stereocenters. The van der Waals surface area contributed by atoms with E-state index in [-0.39, 0.29) is 11.3 Å². The van der Waals surface area contributed by atoms with Crippen LogP contribution in [0.15, 0.2) is 46.9 Å². The number of Topliss-reactive ketones (excluding diaryl/α,β-unsaturated/α-hetero) is 1. The molecule has 3 nitrogen and oxygen atoms in total. The van der Waals surface area contributed by atoms with Crippen molar-refractivity contribution in [3.8, 4) is 0 Å². The second-order valence-corrected chi connectivity index (χ2v) is 8.00. The van der Waals surface area contributed by atoms with Crippen LogP contribution in [0.3, 0.4) is 0 Å². The zero-order chi connectivity index (χ0) is 17.8. The maximum atomic E-state index is 13.2. The Hall–Kier alpha value is -1.63. The normalized spacial score (nSPS) is 16.7. The van der Waals surface area contributed by atoms with E-state index in [1.165, 1.54) is 24.3 Å². The predicted molar refractivity (Wildman–Crippen MR) is 84.2 cm³/mol. The molecule has 1 aromatic carbocycles. The molecule has 2 rings (SSSR count). The molecular weight excluding hydrogens is 341 g/mol. The largest absolute Gasteiger partial charge is 0.392 e. The first-order chi connectivity index (χ1) is 11.2. The molecule has 0 N–H and O–H groups in total. The summed E-state index contributed by atoms with van der Waals surface area (Å²) >= 11 is 0. The zero-order valence-corrected chi connectivity index (χ0v) is 13.9. The summed E-state index contributed by atoms with van der Waals surface area (Å²) in [6, 6.07) is 7.28. The first-order valence-corrected chi connectivity index (χ1v) is 9.38. The molecule has 0 bridgehead atoms. The summed E-state index contributed by atoms with van der Waals surface area (Å²) in [5, 5.41) is 0. The highest BCUT2D eigenvalue weighted by Gasteiger charge is 2.41. The summed E-state index contributed by atoms with van der Waals surface area (Å²) in [6.07, 6.45) is -1.55. The van der Waals surface area contributed by atoms with Crippen LogP contribution in [-0.4, -0.2) is 26.1 Å². The van der Waals surface area contributed by atoms with Gasteiger partial charge in [0.1, 0.15) is 11.5 Å². The van der Waals surface area contributed by atoms with Crippen molar-refractivity contribution in [1.29, 1.82) is 0 Å². The van der Waals surface area contributed by atoms with E-state index in [1.807, 2.05) is 0 Å². The van der Waals surface area contributed by atoms with Crippen molar-refractivity contribution in [2.45, 2.75) is 43.2 Å². The first kappa shape index (κ1) is 18.7. The third-order valence-corrected chi connectivity index (χ3v) is 5.73. The molecule has 0 aliphatic heterocycles. The van der Waals surface area contributed by atoms with Gasteiger partial charge in [-0.25, -0.2) is 8.42 Å². The maximum Gasteiger partial charge on any atom is 0.392 e. The molecule has 0 saturated heterocycles. The Morgan fingerprint density at radius 1 is 1.17 bits per heavy atom. The molecule has 0 heterocycles. The van der Waals surface area contributed by atoms with Crippen molar-refractivity contribution in [1.82, 2.24) is 0 Å². The molecular formula is C17H19F3O3S. The van der Waals surface area contributed by atoms with Crippen LogP contribution >= 0.6 is 0 Å². The van der Waals surface area contributed by atoms with Crippen LogP contribution in [0, 0.1) is 5.92 Å². The number of rotatable bonds is 7. The number of hydrogen-bond donors (Lipinski definition) is 0. The van der Waals surface area contributed by atoms with Crippen LogP contribution in [-0.2, 0) is 14.6 Å². The minimum atomic E-state index is -4.52. The average Bonchev–Trinajstić information content (AvgIpc) is 2.99. The summed E-state index contributed by atoms with van der Waals surface area (Å²) < 4.78 is 63.7. The van der Waals surface area contributed by atoms with Gasteiger partial charge < -0.3 is 0 Å². The van der Waals surface area contributed by atoms with Gasteiger partial charge in [-0.1, -0.05) is 29.8 Å². The van der Waals surface area contributed by atoms with Crippen LogP contribution in [0.1, 0.15) is 32.1 Å². The Morgan fingerprint density at radius 3 is 2.38 bits per heavy atom. The number of carbonyl (C=O) groups is 1. The molecule has 0 aromatic heterocycles. The van der Waals surface area contributed by atoms with E-state index in [9.17, 15) is 26.4 Å². The van der Waals surface area contributed by atoms with Crippen LogP contribution in [0.4, 0.5) is 13.2 Å². The maximum absolute atomic E-state index is 13.2. The fourth-order valence-corrected chi connectivity index (χ4v) is 4.08. The highest BCUT2D eigenvalue weighted by molar-refractivity contribution is 7.92. The standard InChI is InChI=1S/C17H19F3O3S/c18-17(19,20)14(10-13-6-4-5-7-13)11-15(21)12-24(22,23)16-8-2-1-3-9-16/h1-3,6,8-9,14H,4-5,7,10-12H2/t14-/m0/s1. The van der Waals surface area contributed by atoms with Gasteiger partial charge >= 0.3 is 6.18 Å². The quantitative estimate of drug-likeness (QED) is 0.688. The fourth-order valence-electron chi connectivity index (χ4n) is 2.80. The minimum Gasteiger partial charge on any atom is -0.299 e. The number of sulfone groups is 1. The van der Waals surface area contributed by atoms with Crippen molar-refractivity contribution < 1.29 is 26.4 Å². The Kier molecular flexibility index (Phi) is 5.85. The summed E-state index contributed by atoms with van der Waals surface area (Å²) in [7, 11) is -3.91. The van der Waals surface area contributed by atoms with Crippen molar-refractivity contribution in [2.24, 2.45) is 5.92 Å². The van der Waals surface area contributed by atoms with Gasteiger partial charge in [0.2, 0.25) is 0 Å². The van der Waals surface area contributed by atoms with E-state index in [2.05, 4.69) is 0 Å². The van der Waals surface area contributed by atoms with Gasteiger partial charge in [-0.2, -0.15) is 13.2 Å². The van der Waals surface area contributed by atoms with Gasteiger partial charge in [0.15, 0.2) is 9.84 Å². The summed E-state index contributed by atoms with van der Waals surface area (Å²) in [4.78, 5) is 11.9. The summed E-state index contributed by atoms with van der Waals surface area (Å²) in [5.41, 5.74) is 0.705. The number of benzene rings is 1. The van der Waals surface area contributed by atoms with Gasteiger partial charge in [0.05, 0.1) is 10.8 Å². The lowest BCUT2D eigenvalue weighted by molar-refractivity contribution is -0.177. The van der Waals surface area contributed by atoms with E-state index in [1.54, 1.807) is 12.1 Å². The number of alkyl halides is 3. The van der Waals surface area contributed by atoms with Crippen molar-refractivity contribution >= 4 is 15.6 Å². The van der Waals surface area contributed by atoms with E-state index >= 15 is 0 Å². The van der Waals surface area contributed by atoms with Gasteiger partial charge in [-0.3, -0.25) is 4.79 Å². The monoisotopic (exact) mass is 360 g/mol. The zero-order valence-electron chi connectivity index (χ0n) is 13.1. The van der Waals surface area contributed by atoms with E-state index in [0.717, 1.165) is 12.8 Å². The van der Waals surface area contributed by atoms with Crippen molar-refractivity contribution in [3.63, 3.8) is 0 Å². The number of ketones is 1. The Bertz CT molecular complexity index is 706. The summed E-state index contributed by atoms with van der Waals surface area (Å²) in [6.45, 7) is 0. The van der Waals surface area contributed by atoms with E-state index in [0.29, 0.717) is 12.0 Å². The molecule has 1 aromatic rings. The summed E-state index contributed by atoms with van der Waals surface area (Å²) in [5.74, 6) is -3.62. The van der Waals surface area contributed by atoms with Gasteiger partial charge in [-0.15, -0.1) is 0 Å². The number of hydrogen-bond acceptors (Lipinski definition) is 3. The third kappa shape index (κ3) is 5.19. The molecule has 1 atom stereocenters. The highest BCUT2D eigenvalue weighted by atomic mass is 32.2. The molecule has 1 aliphatic carbocycles. The van der Waals surface area contributed by atoms with Crippen LogP contribution in [0.25, 0.3) is 0 Å². The highest BCUT2D eigenvalue weighted by Crippen LogP contribution is 2.36. The Balaban J connectivity index is 2.05. The molecule has 0 saturated carbocycles. The Morgan fingerprint density at radius 2 is 1.83 bits per heavy atom. The third-order valence-electron chi connectivity index (χ3n) is 4.03. The average molecular weight is 360 g/mol. The predicted octanol–water partition coefficient (Wildman–Crippen LogP) is 4.10. The van der Waals surface area contributed by atoms with Crippen LogP contribution in [0.5, 0.6) is 0 Å². The first-order valence-electron chi connectivity index (χ1n) is 7.72. The smallest absolute Gasteiger partial charge is 0.299 e. The van der Waals surface area contributed by atoms with Gasteiger partial charge in [0, 0.05) is 6.42 Å². The van der Waals surface area contributed by atoms with Gasteiger partial charge in [-0.05, 0) is 37.8 Å². The van der Waals surface area contributed by atoms with Crippen LogP contribution in [0.2, 0.25) is 0 Å². The Labute approximate surface area is 139 Å². The van der Waals surface area contributed by atoms with Crippen molar-refractivity contribution in [3.05, 3.63) is 42.0 Å². The van der Waals surface area contributed by atoms with E-state index < -0.39 is 39.9 Å². The lowest BCUT2D eigenvalue weighted by Crippen LogP contribution is -2.28. The van der Waals surface area contributed by atoms with Crippen molar-refractivity contribution in [2.75, 3.05) is 5.75 Å². The lowest BCUT2D eigenvalue weighted by atomic mass is 9.93. The molecule has 0 spiro atoms. The lowest BCUT2D eigenvalue weighted by Gasteiger charge is -2.20. The number of halogens is 3. The number of allylic oxidation sites excluding steroid dienone is 2. The molecule has 1 aliphatic rings. The fraction of sp³-hybridized carbons (Fsp3) is 0.471. The molecule has 0 amide bonds. The van der Waals surface area contributed by atoms with E-state index in [4.69, 9.17) is 0 Å².